The van der Waals surface area contributed by atoms with Crippen LogP contribution in [0.15, 0.2) is 40.9 Å². The van der Waals surface area contributed by atoms with Crippen molar-refractivity contribution >= 4 is 21.6 Å². The molecule has 0 aliphatic rings. The van der Waals surface area contributed by atoms with Crippen LogP contribution in [0.5, 0.6) is 5.75 Å². The summed E-state index contributed by atoms with van der Waals surface area (Å²) in [6.07, 6.45) is 0. The van der Waals surface area contributed by atoms with E-state index in [1.807, 2.05) is 0 Å². The van der Waals surface area contributed by atoms with Gasteiger partial charge >= 0.3 is 0 Å². The van der Waals surface area contributed by atoms with Gasteiger partial charge in [0.05, 0.1) is 10.5 Å². The van der Waals surface area contributed by atoms with E-state index in [1.165, 1.54) is 18.2 Å². The first kappa shape index (κ1) is 15.4. The molecule has 5 nitrogen and oxygen atoms in total. The smallest absolute Gasteiger partial charge is 0.277 e. The summed E-state index contributed by atoms with van der Waals surface area (Å²) in [7, 11) is 0. The number of hydrogen-bond acceptors (Lipinski definition) is 4. The fourth-order valence-corrected chi connectivity index (χ4v) is 2.16. The average Bonchev–Trinajstić information content (AvgIpc) is 2.45. The molecule has 7 heteroatoms. The van der Waals surface area contributed by atoms with Crippen LogP contribution in [0.1, 0.15) is 11.1 Å². The molecule has 0 unspecified atom stereocenters. The van der Waals surface area contributed by atoms with Gasteiger partial charge in [-0.25, -0.2) is 4.39 Å². The van der Waals surface area contributed by atoms with Crippen LogP contribution in [0.4, 0.5) is 10.1 Å². The van der Waals surface area contributed by atoms with Crippen LogP contribution in [-0.2, 0) is 13.2 Å². The Balaban J connectivity index is 2.20. The molecule has 0 aromatic heterocycles. The molecule has 0 radical (unpaired) electrons. The van der Waals surface area contributed by atoms with Gasteiger partial charge in [-0.15, -0.1) is 0 Å². The van der Waals surface area contributed by atoms with E-state index in [-0.39, 0.29) is 24.6 Å². The van der Waals surface area contributed by atoms with Gasteiger partial charge in [-0.1, -0.05) is 15.9 Å². The van der Waals surface area contributed by atoms with Crippen molar-refractivity contribution in [3.05, 3.63) is 67.9 Å². The highest BCUT2D eigenvalue weighted by atomic mass is 79.9. The highest BCUT2D eigenvalue weighted by Crippen LogP contribution is 2.25. The number of ether oxygens (including phenoxy) is 1. The minimum Gasteiger partial charge on any atom is -0.489 e. The Morgan fingerprint density at radius 2 is 2.05 bits per heavy atom. The zero-order valence-electron chi connectivity index (χ0n) is 10.9. The van der Waals surface area contributed by atoms with E-state index in [9.17, 15) is 14.5 Å². The van der Waals surface area contributed by atoms with Crippen molar-refractivity contribution in [2.24, 2.45) is 5.73 Å². The van der Waals surface area contributed by atoms with Crippen LogP contribution in [0, 0.1) is 15.9 Å². The summed E-state index contributed by atoms with van der Waals surface area (Å²) >= 11 is 3.18. The molecule has 2 N–H and O–H groups in total. The largest absolute Gasteiger partial charge is 0.489 e. The van der Waals surface area contributed by atoms with E-state index in [1.54, 1.807) is 18.2 Å². The second-order valence-corrected chi connectivity index (χ2v) is 5.23. The second kappa shape index (κ2) is 6.64. The van der Waals surface area contributed by atoms with Gasteiger partial charge in [0.25, 0.3) is 5.69 Å². The maximum absolute atomic E-state index is 13.4. The average molecular weight is 355 g/mol. The monoisotopic (exact) mass is 354 g/mol. The normalized spacial score (nSPS) is 10.4. The van der Waals surface area contributed by atoms with E-state index in [0.29, 0.717) is 15.6 Å². The summed E-state index contributed by atoms with van der Waals surface area (Å²) in [4.78, 5) is 10.5. The SMILES string of the molecule is NCc1cc(F)cc(OCc2ccc(Br)cc2[N+](=O)[O-])c1. The van der Waals surface area contributed by atoms with Gasteiger partial charge in [-0.05, 0) is 29.8 Å². The first-order chi connectivity index (χ1) is 9.99. The molecule has 0 spiro atoms. The Labute approximate surface area is 128 Å². The Morgan fingerprint density at radius 1 is 1.29 bits per heavy atom. The third-order valence-corrected chi connectivity index (χ3v) is 3.30. The molecule has 21 heavy (non-hydrogen) atoms. The molecule has 2 aromatic carbocycles. The predicted octanol–water partition coefficient (Wildman–Crippen LogP) is 3.53. The number of nitro groups is 1. The summed E-state index contributed by atoms with van der Waals surface area (Å²) < 4.78 is 19.4. The molecule has 0 saturated heterocycles. The molecule has 2 rings (SSSR count). The topological polar surface area (TPSA) is 78.4 Å². The van der Waals surface area contributed by atoms with Crippen molar-refractivity contribution in [3.8, 4) is 5.75 Å². The highest BCUT2D eigenvalue weighted by molar-refractivity contribution is 9.10. The Bertz CT molecular complexity index is 679. The maximum atomic E-state index is 13.4. The van der Waals surface area contributed by atoms with Crippen molar-refractivity contribution in [1.29, 1.82) is 0 Å². The number of rotatable bonds is 5. The summed E-state index contributed by atoms with van der Waals surface area (Å²) in [5.74, 6) is -0.175. The summed E-state index contributed by atoms with van der Waals surface area (Å²) in [6.45, 7) is 0.156. The lowest BCUT2D eigenvalue weighted by Gasteiger charge is -2.09. The third-order valence-electron chi connectivity index (χ3n) is 2.81. The third kappa shape index (κ3) is 3.99. The van der Waals surface area contributed by atoms with Gasteiger partial charge in [0.15, 0.2) is 0 Å². The number of hydrogen-bond donors (Lipinski definition) is 1. The minimum absolute atomic E-state index is 0.0307. The molecule has 110 valence electrons. The van der Waals surface area contributed by atoms with Gasteiger partial charge in [-0.2, -0.15) is 0 Å². The summed E-state index contributed by atoms with van der Waals surface area (Å²) in [5, 5.41) is 11.0. The van der Waals surface area contributed by atoms with E-state index >= 15 is 0 Å². The van der Waals surface area contributed by atoms with E-state index in [4.69, 9.17) is 10.5 Å². The van der Waals surface area contributed by atoms with Crippen molar-refractivity contribution in [3.63, 3.8) is 0 Å². The van der Waals surface area contributed by atoms with Gasteiger partial charge in [0.1, 0.15) is 18.2 Å². The molecule has 0 amide bonds. The number of nitrogens with zero attached hydrogens (tertiary/aromatic N) is 1. The molecule has 0 aliphatic carbocycles. The van der Waals surface area contributed by atoms with E-state index in [0.717, 1.165) is 0 Å². The van der Waals surface area contributed by atoms with Crippen LogP contribution in [-0.4, -0.2) is 4.92 Å². The van der Waals surface area contributed by atoms with Gasteiger partial charge < -0.3 is 10.5 Å². The van der Waals surface area contributed by atoms with Crippen molar-refractivity contribution in [1.82, 2.24) is 0 Å². The van der Waals surface area contributed by atoms with Crippen molar-refractivity contribution in [2.45, 2.75) is 13.2 Å². The number of benzene rings is 2. The highest BCUT2D eigenvalue weighted by Gasteiger charge is 2.14. The van der Waals surface area contributed by atoms with Crippen LogP contribution in [0.3, 0.4) is 0 Å². The molecule has 0 heterocycles. The fourth-order valence-electron chi connectivity index (χ4n) is 1.81. The molecular weight excluding hydrogens is 343 g/mol. The van der Waals surface area contributed by atoms with Crippen LogP contribution in [0.2, 0.25) is 0 Å². The zero-order valence-corrected chi connectivity index (χ0v) is 12.5. The first-order valence-corrected chi connectivity index (χ1v) is 6.84. The Morgan fingerprint density at radius 3 is 2.71 bits per heavy atom. The molecule has 0 atom stereocenters. The molecule has 0 bridgehead atoms. The van der Waals surface area contributed by atoms with Gasteiger partial charge in [-0.3, -0.25) is 10.1 Å². The zero-order chi connectivity index (χ0) is 15.4. The lowest BCUT2D eigenvalue weighted by Crippen LogP contribution is -2.02. The van der Waals surface area contributed by atoms with E-state index < -0.39 is 10.7 Å². The van der Waals surface area contributed by atoms with Crippen LogP contribution < -0.4 is 10.5 Å². The van der Waals surface area contributed by atoms with Crippen molar-refractivity contribution < 1.29 is 14.1 Å². The lowest BCUT2D eigenvalue weighted by molar-refractivity contribution is -0.385. The Hall–Kier alpha value is -1.99. The van der Waals surface area contributed by atoms with Crippen LogP contribution >= 0.6 is 15.9 Å². The summed E-state index contributed by atoms with van der Waals surface area (Å²) in [6, 6.07) is 8.80. The predicted molar refractivity (Wildman–Crippen MR) is 79.4 cm³/mol. The summed E-state index contributed by atoms with van der Waals surface area (Å²) in [5.41, 5.74) is 6.40. The van der Waals surface area contributed by atoms with Crippen LogP contribution in [0.25, 0.3) is 0 Å². The molecule has 0 fully saturated rings. The van der Waals surface area contributed by atoms with E-state index in [2.05, 4.69) is 15.9 Å². The quantitative estimate of drug-likeness (QED) is 0.657. The molecule has 0 aliphatic heterocycles. The molecular formula is C14H12BrFN2O3. The minimum atomic E-state index is -0.486. The van der Waals surface area contributed by atoms with Crippen molar-refractivity contribution in [2.75, 3.05) is 0 Å². The Kier molecular flexibility index (Phi) is 4.87. The molecule has 2 aromatic rings. The lowest BCUT2D eigenvalue weighted by atomic mass is 10.2. The van der Waals surface area contributed by atoms with Gasteiger partial charge in [0, 0.05) is 23.2 Å². The molecule has 0 saturated carbocycles. The second-order valence-electron chi connectivity index (χ2n) is 4.32. The van der Waals surface area contributed by atoms with Gasteiger partial charge in [0.2, 0.25) is 0 Å². The number of nitro benzene ring substituents is 1. The fraction of sp³-hybridized carbons (Fsp3) is 0.143. The standard InChI is InChI=1S/C14H12BrFN2O3/c15-11-2-1-10(14(5-11)18(19)20)8-21-13-4-9(7-17)3-12(16)6-13/h1-6H,7-8,17H2. The first-order valence-electron chi connectivity index (χ1n) is 6.04. The maximum Gasteiger partial charge on any atom is 0.277 e. The number of nitrogens with two attached hydrogens (primary N) is 1. The number of halogens is 2.